The van der Waals surface area contributed by atoms with E-state index in [0.29, 0.717) is 5.56 Å². The highest BCUT2D eigenvalue weighted by Crippen LogP contribution is 2.24. The fraction of sp³-hybridized carbons (Fsp3) is 0.263. The van der Waals surface area contributed by atoms with E-state index in [2.05, 4.69) is 17.2 Å². The van der Waals surface area contributed by atoms with Gasteiger partial charge in [-0.3, -0.25) is 14.8 Å². The monoisotopic (exact) mass is 408 g/mol. The molecule has 2 amide bonds. The number of hydrogen-bond donors (Lipinski definition) is 3. The van der Waals surface area contributed by atoms with Crippen molar-refractivity contribution in [1.82, 2.24) is 10.8 Å². The molecule has 1 unspecified atom stereocenters. The van der Waals surface area contributed by atoms with E-state index in [9.17, 15) is 18.4 Å². The van der Waals surface area contributed by atoms with Crippen LogP contribution < -0.4 is 10.8 Å². The average molecular weight is 408 g/mol. The van der Waals surface area contributed by atoms with Crippen molar-refractivity contribution in [3.63, 3.8) is 0 Å². The van der Waals surface area contributed by atoms with Crippen molar-refractivity contribution in [2.45, 2.75) is 25.0 Å². The van der Waals surface area contributed by atoms with Gasteiger partial charge in [0.2, 0.25) is 0 Å². The second-order valence-electron chi connectivity index (χ2n) is 5.91. The second kappa shape index (κ2) is 9.41. The maximum absolute atomic E-state index is 13.4. The SMILES string of the molecule is COC(C)(C(F)F)[C@H](NC(=O)c1ccc(C#Cc2ccsc2)cc1)C(=O)NO. The fourth-order valence-corrected chi connectivity index (χ4v) is 2.85. The quantitative estimate of drug-likeness (QED) is 0.389. The predicted molar refractivity (Wildman–Crippen MR) is 99.3 cm³/mol. The van der Waals surface area contributed by atoms with E-state index in [1.807, 2.05) is 16.8 Å². The third-order valence-electron chi connectivity index (χ3n) is 4.11. The predicted octanol–water partition coefficient (Wildman–Crippen LogP) is 2.42. The molecule has 3 N–H and O–H groups in total. The van der Waals surface area contributed by atoms with E-state index >= 15 is 0 Å². The first-order valence-corrected chi connectivity index (χ1v) is 8.98. The van der Waals surface area contributed by atoms with Crippen LogP contribution in [0.5, 0.6) is 0 Å². The van der Waals surface area contributed by atoms with Gasteiger partial charge < -0.3 is 10.1 Å². The van der Waals surface area contributed by atoms with Crippen molar-refractivity contribution >= 4 is 23.2 Å². The molecule has 0 aliphatic rings. The number of halogens is 2. The summed E-state index contributed by atoms with van der Waals surface area (Å²) in [5.41, 5.74) is 0.587. The van der Waals surface area contributed by atoms with Crippen LogP contribution in [0.2, 0.25) is 0 Å². The van der Waals surface area contributed by atoms with Crippen LogP contribution in [0.3, 0.4) is 0 Å². The summed E-state index contributed by atoms with van der Waals surface area (Å²) in [6, 6.07) is 6.14. The van der Waals surface area contributed by atoms with E-state index in [1.165, 1.54) is 28.9 Å². The lowest BCUT2D eigenvalue weighted by Crippen LogP contribution is -2.62. The van der Waals surface area contributed by atoms with Crippen LogP contribution in [-0.4, -0.2) is 42.2 Å². The van der Waals surface area contributed by atoms with Crippen LogP contribution in [0.4, 0.5) is 8.78 Å². The van der Waals surface area contributed by atoms with Gasteiger partial charge in [0.25, 0.3) is 18.2 Å². The summed E-state index contributed by atoms with van der Waals surface area (Å²) < 4.78 is 31.5. The molecule has 0 saturated heterocycles. The van der Waals surface area contributed by atoms with Gasteiger partial charge in [0, 0.05) is 29.2 Å². The van der Waals surface area contributed by atoms with E-state index in [0.717, 1.165) is 19.6 Å². The minimum atomic E-state index is -3.10. The van der Waals surface area contributed by atoms with Crippen molar-refractivity contribution in [1.29, 1.82) is 0 Å². The molecule has 1 heterocycles. The molecule has 0 radical (unpaired) electrons. The number of amides is 2. The molecule has 0 aliphatic heterocycles. The van der Waals surface area contributed by atoms with E-state index in [-0.39, 0.29) is 5.56 Å². The Morgan fingerprint density at radius 3 is 2.32 bits per heavy atom. The van der Waals surface area contributed by atoms with Crippen LogP contribution in [-0.2, 0) is 9.53 Å². The van der Waals surface area contributed by atoms with Crippen molar-refractivity contribution in [3.8, 4) is 11.8 Å². The molecule has 0 bridgehead atoms. The van der Waals surface area contributed by atoms with Gasteiger partial charge in [0.15, 0.2) is 5.60 Å². The van der Waals surface area contributed by atoms with Gasteiger partial charge in [-0.15, -0.1) is 0 Å². The number of alkyl halides is 2. The summed E-state index contributed by atoms with van der Waals surface area (Å²) in [4.78, 5) is 24.2. The van der Waals surface area contributed by atoms with Gasteiger partial charge in [-0.25, -0.2) is 14.3 Å². The summed E-state index contributed by atoms with van der Waals surface area (Å²) in [7, 11) is 0.983. The Labute approximate surface area is 164 Å². The molecule has 6 nitrogen and oxygen atoms in total. The Hall–Kier alpha value is -2.80. The standard InChI is InChI=1S/C19H18F2N2O4S/c1-19(27-2,18(20)21)15(17(25)23-26)22-16(24)14-7-5-12(6-8-14)3-4-13-9-10-28-11-13/h5-11,15,18,26H,1-2H3,(H,22,24)(H,23,25)/t15-,19?/m1/s1. The van der Waals surface area contributed by atoms with Gasteiger partial charge in [-0.1, -0.05) is 11.8 Å². The van der Waals surface area contributed by atoms with Gasteiger partial charge in [0.05, 0.1) is 0 Å². The first-order chi connectivity index (χ1) is 13.3. The number of ether oxygens (including phenoxy) is 1. The Morgan fingerprint density at radius 2 is 1.82 bits per heavy atom. The second-order valence-corrected chi connectivity index (χ2v) is 6.69. The first-order valence-electron chi connectivity index (χ1n) is 8.04. The van der Waals surface area contributed by atoms with Crippen molar-refractivity contribution < 1.29 is 28.3 Å². The maximum atomic E-state index is 13.4. The van der Waals surface area contributed by atoms with Gasteiger partial charge in [-0.05, 0) is 42.6 Å². The van der Waals surface area contributed by atoms with Crippen molar-refractivity contribution in [3.05, 3.63) is 57.8 Å². The minimum Gasteiger partial charge on any atom is -0.370 e. The Balaban J connectivity index is 2.18. The van der Waals surface area contributed by atoms with Crippen LogP contribution in [0.15, 0.2) is 41.1 Å². The lowest BCUT2D eigenvalue weighted by atomic mass is 9.95. The highest BCUT2D eigenvalue weighted by molar-refractivity contribution is 7.08. The molecule has 1 aromatic heterocycles. The zero-order valence-corrected chi connectivity index (χ0v) is 15.8. The van der Waals surface area contributed by atoms with Crippen LogP contribution in [0, 0.1) is 11.8 Å². The molecular formula is C19H18F2N2O4S. The molecule has 2 aromatic rings. The highest BCUT2D eigenvalue weighted by Gasteiger charge is 2.48. The summed E-state index contributed by atoms with van der Waals surface area (Å²) in [5.74, 6) is 3.89. The van der Waals surface area contributed by atoms with Gasteiger partial charge in [-0.2, -0.15) is 11.3 Å². The zero-order valence-electron chi connectivity index (χ0n) is 15.0. The Bertz CT molecular complexity index is 876. The van der Waals surface area contributed by atoms with Crippen molar-refractivity contribution in [2.24, 2.45) is 0 Å². The summed E-state index contributed by atoms with van der Waals surface area (Å²) >= 11 is 1.53. The number of nitrogens with one attached hydrogen (secondary N) is 2. The third-order valence-corrected chi connectivity index (χ3v) is 4.80. The summed E-state index contributed by atoms with van der Waals surface area (Å²) in [6.45, 7) is 0.959. The van der Waals surface area contributed by atoms with Gasteiger partial charge in [0.1, 0.15) is 6.04 Å². The lowest BCUT2D eigenvalue weighted by molar-refractivity contribution is -0.157. The Morgan fingerprint density at radius 1 is 1.18 bits per heavy atom. The summed E-state index contributed by atoms with van der Waals surface area (Å²) in [5, 5.41) is 14.8. The van der Waals surface area contributed by atoms with E-state index in [4.69, 9.17) is 9.94 Å². The highest BCUT2D eigenvalue weighted by atomic mass is 32.1. The molecule has 0 saturated carbocycles. The largest absolute Gasteiger partial charge is 0.370 e. The van der Waals surface area contributed by atoms with Crippen LogP contribution in [0.25, 0.3) is 0 Å². The number of carbonyl (C=O) groups excluding carboxylic acids is 2. The molecule has 28 heavy (non-hydrogen) atoms. The van der Waals surface area contributed by atoms with E-state index < -0.39 is 29.9 Å². The van der Waals surface area contributed by atoms with Crippen molar-refractivity contribution in [2.75, 3.05) is 7.11 Å². The normalized spacial score (nSPS) is 13.8. The number of rotatable bonds is 6. The number of benzene rings is 1. The molecule has 1 aromatic carbocycles. The van der Waals surface area contributed by atoms with Crippen LogP contribution >= 0.6 is 11.3 Å². The third kappa shape index (κ3) is 4.92. The molecule has 2 rings (SSSR count). The van der Waals surface area contributed by atoms with Crippen LogP contribution in [0.1, 0.15) is 28.4 Å². The number of methoxy groups -OCH3 is 1. The number of hydrogen-bond acceptors (Lipinski definition) is 5. The minimum absolute atomic E-state index is 0.129. The molecule has 2 atom stereocenters. The molecule has 0 aliphatic carbocycles. The molecular weight excluding hydrogens is 390 g/mol. The summed E-state index contributed by atoms with van der Waals surface area (Å²) in [6.07, 6.45) is -3.10. The van der Waals surface area contributed by atoms with E-state index in [1.54, 1.807) is 12.1 Å². The lowest BCUT2D eigenvalue weighted by Gasteiger charge is -2.34. The molecule has 0 spiro atoms. The number of hydroxylamine groups is 1. The smallest absolute Gasteiger partial charge is 0.269 e. The average Bonchev–Trinajstić information content (AvgIpc) is 3.23. The first kappa shape index (κ1) is 21.5. The Kier molecular flexibility index (Phi) is 7.23. The maximum Gasteiger partial charge on any atom is 0.269 e. The topological polar surface area (TPSA) is 87.7 Å². The zero-order chi connectivity index (χ0) is 20.7. The molecule has 148 valence electrons. The number of carbonyl (C=O) groups is 2. The molecule has 9 heteroatoms. The fourth-order valence-electron chi connectivity index (χ4n) is 2.27. The number of thiophene rings is 1. The molecule has 0 fully saturated rings. The van der Waals surface area contributed by atoms with Gasteiger partial charge >= 0.3 is 0 Å².